The molecule has 0 unspecified atom stereocenters. The van der Waals surface area contributed by atoms with Gasteiger partial charge in [-0.15, -0.1) is 5.10 Å². The molecular weight excluding hydrogens is 378 g/mol. The molecule has 0 radical (unpaired) electrons. The van der Waals surface area contributed by atoms with E-state index in [2.05, 4.69) is 15.0 Å². The second-order valence-electron chi connectivity index (χ2n) is 8.80. The van der Waals surface area contributed by atoms with E-state index in [-0.39, 0.29) is 11.7 Å². The number of hydrogen-bond acceptors (Lipinski definition) is 5. The van der Waals surface area contributed by atoms with E-state index in [4.69, 9.17) is 4.74 Å². The maximum Gasteiger partial charge on any atom is 0.293 e. The highest BCUT2D eigenvalue weighted by atomic mass is 16.5. The van der Waals surface area contributed by atoms with E-state index in [1.165, 1.54) is 25.7 Å². The van der Waals surface area contributed by atoms with Crippen LogP contribution in [0.2, 0.25) is 0 Å². The van der Waals surface area contributed by atoms with Gasteiger partial charge < -0.3 is 14.5 Å². The van der Waals surface area contributed by atoms with Crippen molar-refractivity contribution < 1.29 is 9.53 Å². The van der Waals surface area contributed by atoms with E-state index in [0.717, 1.165) is 69.3 Å². The Morgan fingerprint density at radius 2 is 1.63 bits per heavy atom. The number of ether oxygens (including phenoxy) is 1. The van der Waals surface area contributed by atoms with Crippen LogP contribution in [0, 0.1) is 0 Å². The number of aromatic nitrogens is 3. The molecular formula is C23H31N5O2. The zero-order valence-electron chi connectivity index (χ0n) is 17.6. The monoisotopic (exact) mass is 409 g/mol. The van der Waals surface area contributed by atoms with Crippen LogP contribution in [0.4, 0.5) is 0 Å². The third-order valence-electron chi connectivity index (χ3n) is 6.80. The molecule has 3 aliphatic rings. The van der Waals surface area contributed by atoms with Gasteiger partial charge in [-0.2, -0.15) is 0 Å². The molecule has 1 aromatic carbocycles. The predicted molar refractivity (Wildman–Crippen MR) is 114 cm³/mol. The van der Waals surface area contributed by atoms with Gasteiger partial charge in [-0.3, -0.25) is 4.79 Å². The fourth-order valence-electron chi connectivity index (χ4n) is 4.70. The largest absolute Gasteiger partial charge is 0.490 e. The molecule has 3 fully saturated rings. The summed E-state index contributed by atoms with van der Waals surface area (Å²) in [5, 5.41) is 4.41. The fraction of sp³-hybridized carbons (Fsp3) is 0.609. The molecule has 1 aliphatic carbocycles. The van der Waals surface area contributed by atoms with Crippen molar-refractivity contribution >= 4 is 5.91 Å². The van der Waals surface area contributed by atoms with Crippen molar-refractivity contribution in [3.8, 4) is 11.4 Å². The number of carbonyl (C=O) groups is 1. The highest BCUT2D eigenvalue weighted by molar-refractivity contribution is 5.90. The van der Waals surface area contributed by atoms with E-state index in [1.54, 1.807) is 11.0 Å². The Morgan fingerprint density at radius 1 is 0.900 bits per heavy atom. The van der Waals surface area contributed by atoms with Gasteiger partial charge in [0.2, 0.25) is 5.82 Å². The Labute approximate surface area is 178 Å². The zero-order chi connectivity index (χ0) is 20.3. The van der Waals surface area contributed by atoms with Gasteiger partial charge in [0.1, 0.15) is 18.2 Å². The number of hydrogen-bond donors (Lipinski definition) is 0. The molecule has 0 N–H and O–H groups in total. The Morgan fingerprint density at radius 3 is 2.30 bits per heavy atom. The lowest BCUT2D eigenvalue weighted by atomic mass is 9.90. The Hall–Kier alpha value is -2.41. The number of benzene rings is 1. The molecule has 7 nitrogen and oxygen atoms in total. The molecule has 1 saturated carbocycles. The van der Waals surface area contributed by atoms with Crippen molar-refractivity contribution in [3.05, 3.63) is 36.4 Å². The molecule has 7 heteroatoms. The molecule has 160 valence electrons. The van der Waals surface area contributed by atoms with Gasteiger partial charge in [0.25, 0.3) is 5.91 Å². The Bertz CT molecular complexity index is 847. The lowest BCUT2D eigenvalue weighted by Crippen LogP contribution is -2.46. The van der Waals surface area contributed by atoms with Crippen LogP contribution in [0.1, 0.15) is 62.0 Å². The minimum atomic E-state index is -0.0679. The van der Waals surface area contributed by atoms with Crippen LogP contribution >= 0.6 is 0 Å². The summed E-state index contributed by atoms with van der Waals surface area (Å²) in [6.07, 6.45) is 11.6. The van der Waals surface area contributed by atoms with Gasteiger partial charge in [-0.25, -0.2) is 9.67 Å². The average Bonchev–Trinajstić information content (AvgIpc) is 3.25. The summed E-state index contributed by atoms with van der Waals surface area (Å²) in [6, 6.07) is 8.76. The van der Waals surface area contributed by atoms with Crippen LogP contribution in [-0.4, -0.2) is 68.8 Å². The van der Waals surface area contributed by atoms with Crippen molar-refractivity contribution in [2.45, 2.75) is 63.5 Å². The Kier molecular flexibility index (Phi) is 5.71. The number of piperidine rings is 2. The van der Waals surface area contributed by atoms with E-state index in [0.29, 0.717) is 6.10 Å². The van der Waals surface area contributed by atoms with Gasteiger partial charge in [-0.05, 0) is 69.2 Å². The van der Waals surface area contributed by atoms with E-state index < -0.39 is 0 Å². The summed E-state index contributed by atoms with van der Waals surface area (Å²) in [6.45, 7) is 3.92. The third-order valence-corrected chi connectivity index (χ3v) is 6.80. The van der Waals surface area contributed by atoms with Crippen molar-refractivity contribution in [1.82, 2.24) is 24.6 Å². The molecule has 2 saturated heterocycles. The standard InChI is InChI=1S/C23H31N5O2/c29-23(27-13-2-1-3-14-27)22-24-17-28(25-22)19-7-9-20(10-8-19)30-21-11-15-26(16-12-21)18-5-4-6-18/h7-10,17-18,21H,1-6,11-16H2. The molecule has 2 aliphatic heterocycles. The van der Waals surface area contributed by atoms with Crippen molar-refractivity contribution in [3.63, 3.8) is 0 Å². The van der Waals surface area contributed by atoms with Crippen LogP contribution in [0.3, 0.4) is 0 Å². The first kappa shape index (κ1) is 19.5. The first-order valence-electron chi connectivity index (χ1n) is 11.5. The third kappa shape index (κ3) is 4.21. The molecule has 2 aromatic rings. The van der Waals surface area contributed by atoms with Crippen molar-refractivity contribution in [2.75, 3.05) is 26.2 Å². The maximum atomic E-state index is 12.6. The van der Waals surface area contributed by atoms with Crippen LogP contribution in [0.25, 0.3) is 5.69 Å². The molecule has 0 spiro atoms. The molecule has 3 heterocycles. The molecule has 0 bridgehead atoms. The highest BCUT2D eigenvalue weighted by Crippen LogP contribution is 2.28. The summed E-state index contributed by atoms with van der Waals surface area (Å²) in [5.41, 5.74) is 0.882. The normalized spacial score (nSPS) is 21.4. The van der Waals surface area contributed by atoms with Crippen LogP contribution < -0.4 is 4.74 Å². The quantitative estimate of drug-likeness (QED) is 0.758. The number of likely N-dealkylation sites (tertiary alicyclic amines) is 2. The topological polar surface area (TPSA) is 63.5 Å². The van der Waals surface area contributed by atoms with Gasteiger partial charge in [-0.1, -0.05) is 6.42 Å². The minimum Gasteiger partial charge on any atom is -0.490 e. The summed E-state index contributed by atoms with van der Waals surface area (Å²) >= 11 is 0. The van der Waals surface area contributed by atoms with E-state index in [1.807, 2.05) is 29.2 Å². The summed E-state index contributed by atoms with van der Waals surface area (Å²) in [7, 11) is 0. The molecule has 1 aromatic heterocycles. The summed E-state index contributed by atoms with van der Waals surface area (Å²) in [4.78, 5) is 21.3. The SMILES string of the molecule is O=C(c1ncn(-c2ccc(OC3CCN(C4CCC4)CC3)cc2)n1)N1CCCCC1. The summed E-state index contributed by atoms with van der Waals surface area (Å²) in [5.74, 6) is 1.10. The smallest absolute Gasteiger partial charge is 0.293 e. The second kappa shape index (κ2) is 8.76. The number of amides is 1. The van der Waals surface area contributed by atoms with Crippen LogP contribution in [-0.2, 0) is 0 Å². The lowest BCUT2D eigenvalue weighted by molar-refractivity contribution is 0.0493. The zero-order valence-corrected chi connectivity index (χ0v) is 17.6. The average molecular weight is 410 g/mol. The summed E-state index contributed by atoms with van der Waals surface area (Å²) < 4.78 is 7.88. The Balaban J connectivity index is 1.16. The van der Waals surface area contributed by atoms with Gasteiger partial charge >= 0.3 is 0 Å². The van der Waals surface area contributed by atoms with E-state index in [9.17, 15) is 4.79 Å². The van der Waals surface area contributed by atoms with Crippen LogP contribution in [0.5, 0.6) is 5.75 Å². The van der Waals surface area contributed by atoms with E-state index >= 15 is 0 Å². The predicted octanol–water partition coefficient (Wildman–Crippen LogP) is 3.29. The first-order chi connectivity index (χ1) is 14.8. The van der Waals surface area contributed by atoms with Crippen molar-refractivity contribution in [2.24, 2.45) is 0 Å². The number of nitrogens with zero attached hydrogens (tertiary/aromatic N) is 5. The highest BCUT2D eigenvalue weighted by Gasteiger charge is 2.29. The van der Waals surface area contributed by atoms with Gasteiger partial charge in [0.05, 0.1) is 5.69 Å². The minimum absolute atomic E-state index is 0.0679. The van der Waals surface area contributed by atoms with Gasteiger partial charge in [0.15, 0.2) is 0 Å². The number of carbonyl (C=O) groups excluding carboxylic acids is 1. The van der Waals surface area contributed by atoms with Gasteiger partial charge in [0, 0.05) is 32.2 Å². The first-order valence-corrected chi connectivity index (χ1v) is 11.5. The molecule has 30 heavy (non-hydrogen) atoms. The molecule has 1 amide bonds. The molecule has 5 rings (SSSR count). The maximum absolute atomic E-state index is 12.6. The lowest BCUT2D eigenvalue weighted by Gasteiger charge is -2.41. The number of rotatable bonds is 5. The fourth-order valence-corrected chi connectivity index (χ4v) is 4.70. The van der Waals surface area contributed by atoms with Crippen LogP contribution in [0.15, 0.2) is 30.6 Å². The van der Waals surface area contributed by atoms with Crippen molar-refractivity contribution in [1.29, 1.82) is 0 Å². The molecule has 0 atom stereocenters. The second-order valence-corrected chi connectivity index (χ2v) is 8.80.